The SMILES string of the molecule is Cc1ccc(C(Cl)c2cc(C)ccc2Br)c(C)c1. The average Bonchev–Trinajstić information content (AvgIpc) is 2.31. The van der Waals surface area contributed by atoms with Crippen LogP contribution >= 0.6 is 27.5 Å². The summed E-state index contributed by atoms with van der Waals surface area (Å²) in [4.78, 5) is 0. The highest BCUT2D eigenvalue weighted by molar-refractivity contribution is 9.10. The van der Waals surface area contributed by atoms with Gasteiger partial charge in [0.25, 0.3) is 0 Å². The van der Waals surface area contributed by atoms with Crippen molar-refractivity contribution in [2.45, 2.75) is 26.1 Å². The molecule has 0 aromatic heterocycles. The van der Waals surface area contributed by atoms with Gasteiger partial charge in [-0.1, -0.05) is 57.4 Å². The molecule has 0 N–H and O–H groups in total. The molecule has 0 aliphatic rings. The number of aryl methyl sites for hydroxylation is 3. The standard InChI is InChI=1S/C16H16BrCl/c1-10-4-6-13(12(3)8-10)16(18)14-9-11(2)5-7-15(14)17/h4-9,16H,1-3H3. The zero-order valence-electron chi connectivity index (χ0n) is 10.8. The van der Waals surface area contributed by atoms with Crippen LogP contribution in [0, 0.1) is 20.8 Å². The Bertz CT molecular complexity index is 575. The van der Waals surface area contributed by atoms with Crippen LogP contribution in [-0.2, 0) is 0 Å². The van der Waals surface area contributed by atoms with Crippen LogP contribution in [0.3, 0.4) is 0 Å². The molecular formula is C16H16BrCl. The van der Waals surface area contributed by atoms with Crippen LogP contribution < -0.4 is 0 Å². The summed E-state index contributed by atoms with van der Waals surface area (Å²) in [5, 5.41) is -0.111. The van der Waals surface area contributed by atoms with E-state index >= 15 is 0 Å². The topological polar surface area (TPSA) is 0 Å². The van der Waals surface area contributed by atoms with E-state index in [9.17, 15) is 0 Å². The van der Waals surface area contributed by atoms with E-state index in [0.29, 0.717) is 0 Å². The van der Waals surface area contributed by atoms with Crippen LogP contribution in [0.25, 0.3) is 0 Å². The van der Waals surface area contributed by atoms with Crippen molar-refractivity contribution in [1.82, 2.24) is 0 Å². The molecule has 2 aromatic rings. The molecule has 0 spiro atoms. The van der Waals surface area contributed by atoms with E-state index in [0.717, 1.165) is 10.0 Å². The lowest BCUT2D eigenvalue weighted by Gasteiger charge is -2.16. The van der Waals surface area contributed by atoms with Gasteiger partial charge in [0, 0.05) is 4.47 Å². The fourth-order valence-electron chi connectivity index (χ4n) is 2.13. The van der Waals surface area contributed by atoms with Crippen molar-refractivity contribution in [3.8, 4) is 0 Å². The third-order valence-corrected chi connectivity index (χ3v) is 4.32. The molecule has 2 rings (SSSR count). The molecule has 0 aliphatic heterocycles. The predicted molar refractivity (Wildman–Crippen MR) is 82.5 cm³/mol. The molecule has 0 saturated heterocycles. The average molecular weight is 324 g/mol. The largest absolute Gasteiger partial charge is 0.113 e. The van der Waals surface area contributed by atoms with E-state index in [4.69, 9.17) is 11.6 Å². The molecule has 0 nitrogen and oxygen atoms in total. The van der Waals surface area contributed by atoms with Crippen molar-refractivity contribution in [3.63, 3.8) is 0 Å². The minimum absolute atomic E-state index is 0.111. The number of hydrogen-bond acceptors (Lipinski definition) is 0. The molecule has 0 heterocycles. The monoisotopic (exact) mass is 322 g/mol. The Kier molecular flexibility index (Phi) is 4.14. The van der Waals surface area contributed by atoms with Gasteiger partial charge in [0.15, 0.2) is 0 Å². The molecule has 0 saturated carbocycles. The fraction of sp³-hybridized carbons (Fsp3) is 0.250. The molecule has 0 bridgehead atoms. The zero-order chi connectivity index (χ0) is 13.3. The second-order valence-corrected chi connectivity index (χ2v) is 6.04. The molecule has 18 heavy (non-hydrogen) atoms. The second kappa shape index (κ2) is 5.46. The summed E-state index contributed by atoms with van der Waals surface area (Å²) in [5.41, 5.74) is 6.03. The van der Waals surface area contributed by atoms with E-state index in [-0.39, 0.29) is 5.38 Å². The van der Waals surface area contributed by atoms with E-state index in [1.807, 2.05) is 0 Å². The molecule has 2 heteroatoms. The maximum Gasteiger partial charge on any atom is 0.0848 e. The van der Waals surface area contributed by atoms with E-state index in [1.54, 1.807) is 0 Å². The second-order valence-electron chi connectivity index (χ2n) is 4.75. The van der Waals surface area contributed by atoms with Gasteiger partial charge in [0.1, 0.15) is 0 Å². The fourth-order valence-corrected chi connectivity index (χ4v) is 3.17. The Labute approximate surface area is 122 Å². The van der Waals surface area contributed by atoms with Crippen molar-refractivity contribution < 1.29 is 0 Å². The smallest absolute Gasteiger partial charge is 0.0848 e. The van der Waals surface area contributed by atoms with Gasteiger partial charge in [0.2, 0.25) is 0 Å². The summed E-state index contributed by atoms with van der Waals surface area (Å²) >= 11 is 10.2. The number of halogens is 2. The van der Waals surface area contributed by atoms with Gasteiger partial charge in [0.05, 0.1) is 5.38 Å². The minimum atomic E-state index is -0.111. The van der Waals surface area contributed by atoms with Gasteiger partial charge < -0.3 is 0 Å². The Hall–Kier alpha value is -0.790. The van der Waals surface area contributed by atoms with Crippen LogP contribution in [0.2, 0.25) is 0 Å². The maximum atomic E-state index is 6.64. The van der Waals surface area contributed by atoms with Crippen molar-refractivity contribution in [2.24, 2.45) is 0 Å². The molecule has 0 radical (unpaired) electrons. The first-order chi connectivity index (χ1) is 8.49. The number of alkyl halides is 1. The van der Waals surface area contributed by atoms with Crippen molar-refractivity contribution in [2.75, 3.05) is 0 Å². The number of rotatable bonds is 2. The summed E-state index contributed by atoms with van der Waals surface area (Å²) in [5.74, 6) is 0. The highest BCUT2D eigenvalue weighted by atomic mass is 79.9. The van der Waals surface area contributed by atoms with Gasteiger partial charge >= 0.3 is 0 Å². The lowest BCUT2D eigenvalue weighted by molar-refractivity contribution is 1.09. The first kappa shape index (κ1) is 13.6. The van der Waals surface area contributed by atoms with Crippen molar-refractivity contribution >= 4 is 27.5 Å². The molecule has 94 valence electrons. The van der Waals surface area contributed by atoms with Gasteiger partial charge in [-0.2, -0.15) is 0 Å². The summed E-state index contributed by atoms with van der Waals surface area (Å²) in [6, 6.07) is 12.7. The van der Waals surface area contributed by atoms with E-state index < -0.39 is 0 Å². The van der Waals surface area contributed by atoms with Crippen LogP contribution in [0.1, 0.15) is 33.2 Å². The quantitative estimate of drug-likeness (QED) is 0.622. The molecule has 0 fully saturated rings. The molecule has 0 amide bonds. The molecule has 1 atom stereocenters. The Morgan fingerprint density at radius 3 is 2.17 bits per heavy atom. The number of benzene rings is 2. The molecule has 2 aromatic carbocycles. The molecule has 1 unspecified atom stereocenters. The summed E-state index contributed by atoms with van der Waals surface area (Å²) < 4.78 is 1.06. The Morgan fingerprint density at radius 2 is 1.50 bits per heavy atom. The van der Waals surface area contributed by atoms with Crippen LogP contribution in [0.15, 0.2) is 40.9 Å². The van der Waals surface area contributed by atoms with Gasteiger partial charge in [-0.3, -0.25) is 0 Å². The van der Waals surface area contributed by atoms with Crippen LogP contribution in [0.4, 0.5) is 0 Å². The van der Waals surface area contributed by atoms with Crippen LogP contribution in [-0.4, -0.2) is 0 Å². The number of hydrogen-bond donors (Lipinski definition) is 0. The first-order valence-corrected chi connectivity index (χ1v) is 7.19. The minimum Gasteiger partial charge on any atom is -0.113 e. The van der Waals surface area contributed by atoms with E-state index in [1.165, 1.54) is 22.3 Å². The van der Waals surface area contributed by atoms with Gasteiger partial charge in [-0.05, 0) is 43.5 Å². The predicted octanol–water partition coefficient (Wildman–Crippen LogP) is 5.70. The third kappa shape index (κ3) is 2.78. The zero-order valence-corrected chi connectivity index (χ0v) is 13.1. The molecular weight excluding hydrogens is 308 g/mol. The highest BCUT2D eigenvalue weighted by Crippen LogP contribution is 2.36. The van der Waals surface area contributed by atoms with Gasteiger partial charge in [-0.15, -0.1) is 11.6 Å². The normalized spacial score (nSPS) is 12.5. The van der Waals surface area contributed by atoms with Crippen molar-refractivity contribution in [1.29, 1.82) is 0 Å². The lowest BCUT2D eigenvalue weighted by Crippen LogP contribution is -1.98. The van der Waals surface area contributed by atoms with Crippen LogP contribution in [0.5, 0.6) is 0 Å². The lowest BCUT2D eigenvalue weighted by atomic mass is 9.97. The first-order valence-electron chi connectivity index (χ1n) is 5.96. The maximum absolute atomic E-state index is 6.64. The van der Waals surface area contributed by atoms with Gasteiger partial charge in [-0.25, -0.2) is 0 Å². The van der Waals surface area contributed by atoms with Crippen molar-refractivity contribution in [3.05, 3.63) is 68.7 Å². The summed E-state index contributed by atoms with van der Waals surface area (Å²) in [6.07, 6.45) is 0. The summed E-state index contributed by atoms with van der Waals surface area (Å²) in [6.45, 7) is 6.30. The van der Waals surface area contributed by atoms with E-state index in [2.05, 4.69) is 73.1 Å². The summed E-state index contributed by atoms with van der Waals surface area (Å²) in [7, 11) is 0. The third-order valence-electron chi connectivity index (χ3n) is 3.12. The highest BCUT2D eigenvalue weighted by Gasteiger charge is 2.16. The Balaban J connectivity index is 2.47. The Morgan fingerprint density at radius 1 is 0.889 bits per heavy atom. The molecule has 0 aliphatic carbocycles.